The van der Waals surface area contributed by atoms with Crippen molar-refractivity contribution in [1.82, 2.24) is 4.90 Å². The fraction of sp³-hybridized carbons (Fsp3) is 0.167. The minimum atomic E-state index is 0.0863. The summed E-state index contributed by atoms with van der Waals surface area (Å²) in [4.78, 5) is 14.6. The van der Waals surface area contributed by atoms with Crippen molar-refractivity contribution in [3.05, 3.63) is 77.4 Å². The molecule has 2 heteroatoms. The van der Waals surface area contributed by atoms with Crippen LogP contribution in [0.4, 0.5) is 0 Å². The predicted molar refractivity (Wildman–Crippen MR) is 83.7 cm³/mol. The standard InChI is InChI=1S/C18H19NO/c1-19(2)14-17(13-15-9-5-3-6-10-15)18(20)16-11-7-4-8-12-16/h3-13H,14H2,1-2H3/b17-13+. The molecule has 0 heterocycles. The smallest absolute Gasteiger partial charge is 0.190 e. The molecular weight excluding hydrogens is 246 g/mol. The second kappa shape index (κ2) is 6.83. The minimum absolute atomic E-state index is 0.0863. The van der Waals surface area contributed by atoms with E-state index in [0.717, 1.165) is 16.7 Å². The van der Waals surface area contributed by atoms with Gasteiger partial charge in [-0.25, -0.2) is 0 Å². The lowest BCUT2D eigenvalue weighted by Crippen LogP contribution is -2.20. The number of rotatable bonds is 5. The number of ketones is 1. The second-order valence-corrected chi connectivity index (χ2v) is 5.01. The molecule has 0 saturated carbocycles. The third-order valence-corrected chi connectivity index (χ3v) is 2.95. The molecule has 2 aromatic carbocycles. The Labute approximate surface area is 120 Å². The molecule has 0 bridgehead atoms. The summed E-state index contributed by atoms with van der Waals surface area (Å²) in [7, 11) is 3.94. The lowest BCUT2D eigenvalue weighted by Gasteiger charge is -2.13. The van der Waals surface area contributed by atoms with Gasteiger partial charge in [0.15, 0.2) is 5.78 Å². The summed E-state index contributed by atoms with van der Waals surface area (Å²) >= 11 is 0. The molecule has 0 fully saturated rings. The number of hydrogen-bond acceptors (Lipinski definition) is 2. The van der Waals surface area contributed by atoms with E-state index in [1.165, 1.54) is 0 Å². The van der Waals surface area contributed by atoms with Crippen molar-refractivity contribution in [2.24, 2.45) is 0 Å². The van der Waals surface area contributed by atoms with Crippen molar-refractivity contribution in [3.8, 4) is 0 Å². The number of benzene rings is 2. The van der Waals surface area contributed by atoms with Gasteiger partial charge in [0.05, 0.1) is 0 Å². The zero-order chi connectivity index (χ0) is 14.4. The van der Waals surface area contributed by atoms with Gasteiger partial charge in [0.2, 0.25) is 0 Å². The summed E-state index contributed by atoms with van der Waals surface area (Å²) in [5.74, 6) is 0.0863. The fourth-order valence-corrected chi connectivity index (χ4v) is 2.05. The van der Waals surface area contributed by atoms with Crippen molar-refractivity contribution in [3.63, 3.8) is 0 Å². The molecule has 0 N–H and O–H groups in total. The Morgan fingerprint density at radius 3 is 2.05 bits per heavy atom. The molecule has 0 spiro atoms. The summed E-state index contributed by atoms with van der Waals surface area (Å²) in [6.07, 6.45) is 1.97. The van der Waals surface area contributed by atoms with E-state index in [4.69, 9.17) is 0 Å². The predicted octanol–water partition coefficient (Wildman–Crippen LogP) is 3.51. The van der Waals surface area contributed by atoms with Crippen molar-refractivity contribution in [2.45, 2.75) is 0 Å². The van der Waals surface area contributed by atoms with Gasteiger partial charge in [-0.2, -0.15) is 0 Å². The molecule has 2 aromatic rings. The average molecular weight is 265 g/mol. The maximum absolute atomic E-state index is 12.6. The van der Waals surface area contributed by atoms with E-state index in [1.807, 2.05) is 85.7 Å². The first-order chi connectivity index (χ1) is 9.66. The van der Waals surface area contributed by atoms with Gasteiger partial charge in [-0.15, -0.1) is 0 Å². The van der Waals surface area contributed by atoms with E-state index in [9.17, 15) is 4.79 Å². The third-order valence-electron chi connectivity index (χ3n) is 2.95. The SMILES string of the molecule is CN(C)C/C(=C\c1ccccc1)C(=O)c1ccccc1. The lowest BCUT2D eigenvalue weighted by molar-refractivity contribution is 0.102. The van der Waals surface area contributed by atoms with Gasteiger partial charge in [-0.3, -0.25) is 4.79 Å². The Bertz CT molecular complexity index is 585. The number of nitrogens with zero attached hydrogens (tertiary/aromatic N) is 1. The van der Waals surface area contributed by atoms with Gasteiger partial charge in [0.1, 0.15) is 0 Å². The topological polar surface area (TPSA) is 20.3 Å². The molecule has 0 unspecified atom stereocenters. The molecule has 0 aliphatic carbocycles. The molecule has 0 aliphatic rings. The van der Waals surface area contributed by atoms with Crippen molar-refractivity contribution in [2.75, 3.05) is 20.6 Å². The first-order valence-corrected chi connectivity index (χ1v) is 6.67. The van der Waals surface area contributed by atoms with Gasteiger partial charge in [-0.1, -0.05) is 60.7 Å². The molecule has 0 aliphatic heterocycles. The first kappa shape index (κ1) is 14.2. The van der Waals surface area contributed by atoms with Crippen LogP contribution in [0.15, 0.2) is 66.2 Å². The largest absolute Gasteiger partial charge is 0.305 e. The number of hydrogen-bond donors (Lipinski definition) is 0. The molecule has 0 amide bonds. The third kappa shape index (κ3) is 3.90. The number of carbonyl (C=O) groups excluding carboxylic acids is 1. The molecule has 102 valence electrons. The van der Waals surface area contributed by atoms with Crippen LogP contribution in [0.5, 0.6) is 0 Å². The van der Waals surface area contributed by atoms with E-state index >= 15 is 0 Å². The number of carbonyl (C=O) groups is 1. The Kier molecular flexibility index (Phi) is 4.85. The quantitative estimate of drug-likeness (QED) is 0.609. The van der Waals surface area contributed by atoms with Crippen molar-refractivity contribution >= 4 is 11.9 Å². The lowest BCUT2D eigenvalue weighted by atomic mass is 10.0. The van der Waals surface area contributed by atoms with Crippen molar-refractivity contribution in [1.29, 1.82) is 0 Å². The van der Waals surface area contributed by atoms with Gasteiger partial charge in [0, 0.05) is 17.7 Å². The molecule has 0 radical (unpaired) electrons. The van der Waals surface area contributed by atoms with Gasteiger partial charge >= 0.3 is 0 Å². The maximum atomic E-state index is 12.6. The second-order valence-electron chi connectivity index (χ2n) is 5.01. The van der Waals surface area contributed by atoms with Gasteiger partial charge in [0.25, 0.3) is 0 Å². The highest BCUT2D eigenvalue weighted by Gasteiger charge is 2.12. The molecular formula is C18H19NO. The Balaban J connectivity index is 2.33. The monoisotopic (exact) mass is 265 g/mol. The summed E-state index contributed by atoms with van der Waals surface area (Å²) in [6.45, 7) is 0.628. The highest BCUT2D eigenvalue weighted by atomic mass is 16.1. The summed E-state index contributed by atoms with van der Waals surface area (Å²) in [6, 6.07) is 19.4. The zero-order valence-corrected chi connectivity index (χ0v) is 11.9. The van der Waals surface area contributed by atoms with Crippen LogP contribution in [0.25, 0.3) is 6.08 Å². The minimum Gasteiger partial charge on any atom is -0.305 e. The zero-order valence-electron chi connectivity index (χ0n) is 11.9. The Morgan fingerprint density at radius 1 is 0.950 bits per heavy atom. The summed E-state index contributed by atoms with van der Waals surface area (Å²) < 4.78 is 0. The van der Waals surface area contributed by atoms with E-state index in [0.29, 0.717) is 6.54 Å². The normalized spacial score (nSPS) is 11.7. The Hall–Kier alpha value is -2.19. The highest BCUT2D eigenvalue weighted by Crippen LogP contribution is 2.13. The van der Waals surface area contributed by atoms with Crippen LogP contribution >= 0.6 is 0 Å². The van der Waals surface area contributed by atoms with E-state index < -0.39 is 0 Å². The summed E-state index contributed by atoms with van der Waals surface area (Å²) in [5.41, 5.74) is 2.58. The Morgan fingerprint density at radius 2 is 1.50 bits per heavy atom. The maximum Gasteiger partial charge on any atom is 0.190 e. The van der Waals surface area contributed by atoms with E-state index in [1.54, 1.807) is 0 Å². The molecule has 0 saturated heterocycles. The highest BCUT2D eigenvalue weighted by molar-refractivity contribution is 6.11. The van der Waals surface area contributed by atoms with Crippen LogP contribution in [0, 0.1) is 0 Å². The first-order valence-electron chi connectivity index (χ1n) is 6.67. The van der Waals surface area contributed by atoms with Crippen LogP contribution in [0.1, 0.15) is 15.9 Å². The molecule has 0 aromatic heterocycles. The van der Waals surface area contributed by atoms with Crippen LogP contribution < -0.4 is 0 Å². The number of Topliss-reactive ketones (excluding diaryl/α,β-unsaturated/α-hetero) is 1. The molecule has 2 rings (SSSR count). The fourth-order valence-electron chi connectivity index (χ4n) is 2.05. The number of likely N-dealkylation sites (N-methyl/N-ethyl adjacent to an activating group) is 1. The van der Waals surface area contributed by atoms with E-state index in [2.05, 4.69) is 0 Å². The average Bonchev–Trinajstić information content (AvgIpc) is 2.47. The van der Waals surface area contributed by atoms with Crippen LogP contribution in [-0.2, 0) is 0 Å². The molecule has 2 nitrogen and oxygen atoms in total. The molecule has 20 heavy (non-hydrogen) atoms. The summed E-state index contributed by atoms with van der Waals surface area (Å²) in [5, 5.41) is 0. The van der Waals surface area contributed by atoms with E-state index in [-0.39, 0.29) is 5.78 Å². The van der Waals surface area contributed by atoms with Gasteiger partial charge < -0.3 is 4.90 Å². The van der Waals surface area contributed by atoms with Crippen LogP contribution in [0.3, 0.4) is 0 Å². The van der Waals surface area contributed by atoms with Crippen molar-refractivity contribution < 1.29 is 4.79 Å². The molecule has 0 atom stereocenters. The van der Waals surface area contributed by atoms with Gasteiger partial charge in [-0.05, 0) is 25.7 Å². The van der Waals surface area contributed by atoms with Crippen LogP contribution in [0.2, 0.25) is 0 Å². The van der Waals surface area contributed by atoms with Crippen LogP contribution in [-0.4, -0.2) is 31.3 Å².